The first-order valence-corrected chi connectivity index (χ1v) is 6.70. The maximum Gasteiger partial charge on any atom is 0.0885 e. The molecule has 0 bridgehead atoms. The van der Waals surface area contributed by atoms with Crippen LogP contribution in [0.4, 0.5) is 0 Å². The van der Waals surface area contributed by atoms with Gasteiger partial charge in [0.15, 0.2) is 0 Å². The summed E-state index contributed by atoms with van der Waals surface area (Å²) in [7, 11) is 0. The second-order valence-corrected chi connectivity index (χ2v) is 5.61. The Bertz CT molecular complexity index is 293. The first-order valence-electron chi connectivity index (χ1n) is 4.66. The van der Waals surface area contributed by atoms with Crippen LogP contribution in [-0.2, 0) is 6.42 Å². The van der Waals surface area contributed by atoms with Gasteiger partial charge in [-0.1, -0.05) is 6.42 Å². The molecular weight excluding hydrogens is 200 g/mol. The van der Waals surface area contributed by atoms with Crippen molar-refractivity contribution in [3.05, 3.63) is 16.5 Å². The number of aryl methyl sites for hydroxylation is 1. The van der Waals surface area contributed by atoms with Gasteiger partial charge in [-0.3, -0.25) is 0 Å². The van der Waals surface area contributed by atoms with Gasteiger partial charge in [0.05, 0.1) is 10.3 Å². The van der Waals surface area contributed by atoms with Gasteiger partial charge >= 0.3 is 0 Å². The molecule has 13 heavy (non-hydrogen) atoms. The van der Waals surface area contributed by atoms with Crippen molar-refractivity contribution in [3.63, 3.8) is 0 Å². The van der Waals surface area contributed by atoms with E-state index in [1.807, 2.05) is 0 Å². The second-order valence-electron chi connectivity index (χ2n) is 3.42. The summed E-state index contributed by atoms with van der Waals surface area (Å²) in [5.41, 5.74) is 1.39. The lowest BCUT2D eigenvalue weighted by Gasteiger charge is -2.04. The Morgan fingerprint density at radius 3 is 3.15 bits per heavy atom. The molecule has 2 rings (SSSR count). The van der Waals surface area contributed by atoms with Gasteiger partial charge in [0.2, 0.25) is 0 Å². The zero-order valence-corrected chi connectivity index (χ0v) is 9.38. The van der Waals surface area contributed by atoms with Crippen molar-refractivity contribution in [1.82, 2.24) is 0 Å². The topological polar surface area (TPSA) is 20.2 Å². The lowest BCUT2D eigenvalue weighted by Crippen LogP contribution is -1.92. The number of thiophene rings is 1. The van der Waals surface area contributed by atoms with E-state index < -0.39 is 0 Å². The largest absolute Gasteiger partial charge is 0.388 e. The van der Waals surface area contributed by atoms with E-state index in [0.717, 1.165) is 19.3 Å². The van der Waals surface area contributed by atoms with Gasteiger partial charge in [-0.2, -0.15) is 0 Å². The minimum absolute atomic E-state index is 0.191. The third-order valence-electron chi connectivity index (χ3n) is 2.50. The van der Waals surface area contributed by atoms with E-state index in [0.29, 0.717) is 0 Å². The standard InChI is InChI=1S/C10H14OS2/c1-12-9-6-7-4-2-3-5-8(11)10(7)13-9/h6,8,11H,2-5H2,1H3. The van der Waals surface area contributed by atoms with E-state index in [1.165, 1.54) is 21.1 Å². The van der Waals surface area contributed by atoms with Gasteiger partial charge in [0.25, 0.3) is 0 Å². The number of fused-ring (bicyclic) bond motifs is 1. The van der Waals surface area contributed by atoms with Gasteiger partial charge in [-0.05, 0) is 37.1 Å². The summed E-state index contributed by atoms with van der Waals surface area (Å²) in [6.45, 7) is 0. The van der Waals surface area contributed by atoms with Crippen LogP contribution < -0.4 is 0 Å². The van der Waals surface area contributed by atoms with E-state index in [1.54, 1.807) is 23.1 Å². The van der Waals surface area contributed by atoms with E-state index in [-0.39, 0.29) is 6.10 Å². The van der Waals surface area contributed by atoms with Crippen molar-refractivity contribution >= 4 is 23.1 Å². The molecule has 1 aromatic heterocycles. The molecule has 1 atom stereocenters. The fraction of sp³-hybridized carbons (Fsp3) is 0.600. The number of hydrogen-bond acceptors (Lipinski definition) is 3. The first kappa shape index (κ1) is 9.56. The van der Waals surface area contributed by atoms with Crippen molar-refractivity contribution in [2.75, 3.05) is 6.26 Å². The second kappa shape index (κ2) is 4.03. The van der Waals surface area contributed by atoms with E-state index in [9.17, 15) is 5.11 Å². The third kappa shape index (κ3) is 1.92. The fourth-order valence-corrected chi connectivity index (χ4v) is 3.61. The smallest absolute Gasteiger partial charge is 0.0885 e. The highest BCUT2D eigenvalue weighted by Gasteiger charge is 2.19. The van der Waals surface area contributed by atoms with Gasteiger partial charge < -0.3 is 5.11 Å². The Hall–Kier alpha value is 0.01000. The predicted molar refractivity (Wildman–Crippen MR) is 58.6 cm³/mol. The molecule has 0 fully saturated rings. The maximum absolute atomic E-state index is 9.85. The summed E-state index contributed by atoms with van der Waals surface area (Å²) in [5, 5.41) is 9.85. The number of rotatable bonds is 1. The van der Waals surface area contributed by atoms with Crippen LogP contribution in [0.3, 0.4) is 0 Å². The molecule has 1 N–H and O–H groups in total. The molecule has 0 spiro atoms. The Kier molecular flexibility index (Phi) is 2.96. The van der Waals surface area contributed by atoms with Crippen molar-refractivity contribution in [2.45, 2.75) is 36.0 Å². The molecule has 1 heterocycles. The van der Waals surface area contributed by atoms with E-state index in [2.05, 4.69) is 12.3 Å². The van der Waals surface area contributed by atoms with Crippen LogP contribution in [0.2, 0.25) is 0 Å². The van der Waals surface area contributed by atoms with Crippen LogP contribution >= 0.6 is 23.1 Å². The monoisotopic (exact) mass is 214 g/mol. The van der Waals surface area contributed by atoms with Crippen molar-refractivity contribution < 1.29 is 5.11 Å². The Balaban J connectivity index is 2.33. The Morgan fingerprint density at radius 1 is 1.54 bits per heavy atom. The van der Waals surface area contributed by atoms with Gasteiger partial charge in [-0.25, -0.2) is 0 Å². The normalized spacial score (nSPS) is 22.5. The Morgan fingerprint density at radius 2 is 2.38 bits per heavy atom. The summed E-state index contributed by atoms with van der Waals surface area (Å²) in [6.07, 6.45) is 6.40. The zero-order valence-electron chi connectivity index (χ0n) is 7.75. The zero-order chi connectivity index (χ0) is 9.26. The molecule has 0 saturated carbocycles. The molecular formula is C10H14OS2. The number of aliphatic hydroxyl groups is 1. The lowest BCUT2D eigenvalue weighted by molar-refractivity contribution is 0.170. The number of thioether (sulfide) groups is 1. The summed E-state index contributed by atoms with van der Waals surface area (Å²) in [4.78, 5) is 1.22. The van der Waals surface area contributed by atoms with Crippen LogP contribution in [0.5, 0.6) is 0 Å². The minimum atomic E-state index is -0.191. The molecule has 72 valence electrons. The summed E-state index contributed by atoms with van der Waals surface area (Å²) >= 11 is 3.55. The van der Waals surface area contributed by atoms with Crippen molar-refractivity contribution in [2.24, 2.45) is 0 Å². The fourth-order valence-electron chi connectivity index (χ4n) is 1.78. The molecule has 1 aromatic rings. The Labute approximate surface area is 87.2 Å². The molecule has 0 radical (unpaired) electrons. The first-order chi connectivity index (χ1) is 6.31. The SMILES string of the molecule is CSc1cc2c(s1)C(O)CCCC2. The average Bonchev–Trinajstić information content (AvgIpc) is 2.48. The molecule has 0 amide bonds. The van der Waals surface area contributed by atoms with E-state index >= 15 is 0 Å². The highest BCUT2D eigenvalue weighted by atomic mass is 32.2. The predicted octanol–water partition coefficient (Wildman–Crippen LogP) is 3.23. The van der Waals surface area contributed by atoms with Crippen LogP contribution in [0, 0.1) is 0 Å². The van der Waals surface area contributed by atoms with Gasteiger partial charge in [-0.15, -0.1) is 23.1 Å². The minimum Gasteiger partial charge on any atom is -0.388 e. The van der Waals surface area contributed by atoms with Gasteiger partial charge in [0, 0.05) is 4.88 Å². The molecule has 0 saturated heterocycles. The molecule has 1 aliphatic carbocycles. The number of hydrogen-bond donors (Lipinski definition) is 1. The summed E-state index contributed by atoms with van der Waals surface area (Å²) < 4.78 is 1.34. The van der Waals surface area contributed by atoms with Crippen LogP contribution in [0.15, 0.2) is 10.3 Å². The lowest BCUT2D eigenvalue weighted by atomic mass is 10.1. The third-order valence-corrected chi connectivity index (χ3v) is 4.84. The van der Waals surface area contributed by atoms with Gasteiger partial charge in [0.1, 0.15) is 0 Å². The molecule has 3 heteroatoms. The maximum atomic E-state index is 9.85. The van der Waals surface area contributed by atoms with Crippen LogP contribution in [-0.4, -0.2) is 11.4 Å². The van der Waals surface area contributed by atoms with E-state index in [4.69, 9.17) is 0 Å². The van der Waals surface area contributed by atoms with Crippen LogP contribution in [0.25, 0.3) is 0 Å². The molecule has 0 aliphatic heterocycles. The van der Waals surface area contributed by atoms with Crippen LogP contribution in [0.1, 0.15) is 35.8 Å². The molecule has 0 aromatic carbocycles. The summed E-state index contributed by atoms with van der Waals surface area (Å²) in [5.74, 6) is 0. The highest BCUT2D eigenvalue weighted by Crippen LogP contribution is 2.38. The quantitative estimate of drug-likeness (QED) is 0.572. The van der Waals surface area contributed by atoms with Crippen molar-refractivity contribution in [3.8, 4) is 0 Å². The average molecular weight is 214 g/mol. The molecule has 1 nitrogen and oxygen atoms in total. The van der Waals surface area contributed by atoms with Crippen molar-refractivity contribution in [1.29, 1.82) is 0 Å². The summed E-state index contributed by atoms with van der Waals surface area (Å²) in [6, 6.07) is 2.25. The highest BCUT2D eigenvalue weighted by molar-refractivity contribution is 8.00. The number of aliphatic hydroxyl groups excluding tert-OH is 1. The molecule has 1 unspecified atom stereocenters. The molecule has 1 aliphatic rings.